The second-order valence-corrected chi connectivity index (χ2v) is 5.70. The number of carbonyl (C=O) groups excluding carboxylic acids is 1. The van der Waals surface area contributed by atoms with Crippen LogP contribution in [-0.4, -0.2) is 28.0 Å². The molecular formula is C16H22N4O. The van der Waals surface area contributed by atoms with E-state index >= 15 is 0 Å². The number of benzene rings is 1. The third kappa shape index (κ3) is 4.34. The van der Waals surface area contributed by atoms with E-state index in [1.54, 1.807) is 12.5 Å². The lowest BCUT2D eigenvalue weighted by molar-refractivity contribution is -0.124. The molecule has 0 aliphatic heterocycles. The van der Waals surface area contributed by atoms with Crippen LogP contribution in [0.15, 0.2) is 36.8 Å². The molecule has 1 heterocycles. The van der Waals surface area contributed by atoms with Crippen LogP contribution < -0.4 is 10.6 Å². The highest BCUT2D eigenvalue weighted by atomic mass is 16.2. The molecule has 21 heavy (non-hydrogen) atoms. The number of hydrogen-bond acceptors (Lipinski definition) is 3. The zero-order valence-electron chi connectivity index (χ0n) is 12.7. The van der Waals surface area contributed by atoms with Crippen LogP contribution in [0.4, 0.5) is 5.69 Å². The normalized spacial score (nSPS) is 11.2. The summed E-state index contributed by atoms with van der Waals surface area (Å²) in [6.07, 6.45) is 4.15. The molecule has 2 aromatic rings. The van der Waals surface area contributed by atoms with Crippen LogP contribution in [0, 0.1) is 6.92 Å². The SMILES string of the molecule is Cc1ccc(NC(C)(C)C(=O)NCCc2cnc[nH]2)cc1. The fourth-order valence-corrected chi connectivity index (χ4v) is 2.01. The Hall–Kier alpha value is -2.30. The summed E-state index contributed by atoms with van der Waals surface area (Å²) in [6.45, 7) is 6.37. The summed E-state index contributed by atoms with van der Waals surface area (Å²) < 4.78 is 0. The Morgan fingerprint density at radius 1 is 1.29 bits per heavy atom. The average Bonchev–Trinajstić information content (AvgIpc) is 2.94. The second-order valence-electron chi connectivity index (χ2n) is 5.70. The molecule has 0 atom stereocenters. The van der Waals surface area contributed by atoms with Gasteiger partial charge in [-0.2, -0.15) is 0 Å². The number of rotatable bonds is 6. The van der Waals surface area contributed by atoms with Crippen LogP contribution in [0.5, 0.6) is 0 Å². The molecule has 0 saturated carbocycles. The third-order valence-electron chi connectivity index (χ3n) is 3.31. The zero-order chi connectivity index (χ0) is 15.3. The van der Waals surface area contributed by atoms with Crippen molar-refractivity contribution in [3.05, 3.63) is 48.0 Å². The fraction of sp³-hybridized carbons (Fsp3) is 0.375. The van der Waals surface area contributed by atoms with E-state index in [0.717, 1.165) is 17.8 Å². The van der Waals surface area contributed by atoms with Crippen molar-refractivity contribution in [2.45, 2.75) is 32.7 Å². The van der Waals surface area contributed by atoms with Crippen molar-refractivity contribution >= 4 is 11.6 Å². The van der Waals surface area contributed by atoms with Gasteiger partial charge in [-0.15, -0.1) is 0 Å². The van der Waals surface area contributed by atoms with Crippen molar-refractivity contribution in [3.63, 3.8) is 0 Å². The van der Waals surface area contributed by atoms with Crippen molar-refractivity contribution < 1.29 is 4.79 Å². The minimum atomic E-state index is -0.663. The van der Waals surface area contributed by atoms with E-state index in [-0.39, 0.29) is 5.91 Å². The minimum Gasteiger partial charge on any atom is -0.372 e. The van der Waals surface area contributed by atoms with Crippen LogP contribution in [-0.2, 0) is 11.2 Å². The highest BCUT2D eigenvalue weighted by Crippen LogP contribution is 2.15. The molecule has 2 rings (SSSR count). The molecule has 0 saturated heterocycles. The van der Waals surface area contributed by atoms with Gasteiger partial charge in [0.1, 0.15) is 5.54 Å². The maximum atomic E-state index is 12.3. The van der Waals surface area contributed by atoms with E-state index in [0.29, 0.717) is 6.54 Å². The number of hydrogen-bond donors (Lipinski definition) is 3. The molecular weight excluding hydrogens is 264 g/mol. The Balaban J connectivity index is 1.85. The van der Waals surface area contributed by atoms with Gasteiger partial charge < -0.3 is 15.6 Å². The second kappa shape index (κ2) is 6.43. The van der Waals surface area contributed by atoms with E-state index in [2.05, 4.69) is 20.6 Å². The predicted octanol–water partition coefficient (Wildman–Crippen LogP) is 2.27. The highest BCUT2D eigenvalue weighted by Gasteiger charge is 2.26. The smallest absolute Gasteiger partial charge is 0.245 e. The molecule has 1 amide bonds. The van der Waals surface area contributed by atoms with Gasteiger partial charge in [-0.3, -0.25) is 4.79 Å². The minimum absolute atomic E-state index is 0.0254. The van der Waals surface area contributed by atoms with Gasteiger partial charge in [0.25, 0.3) is 0 Å². The van der Waals surface area contributed by atoms with Gasteiger partial charge in [-0.1, -0.05) is 17.7 Å². The van der Waals surface area contributed by atoms with Gasteiger partial charge in [0.2, 0.25) is 5.91 Å². The van der Waals surface area contributed by atoms with Gasteiger partial charge in [0, 0.05) is 30.5 Å². The van der Waals surface area contributed by atoms with Crippen molar-refractivity contribution in [2.75, 3.05) is 11.9 Å². The van der Waals surface area contributed by atoms with Gasteiger partial charge in [-0.05, 0) is 32.9 Å². The number of nitrogens with zero attached hydrogens (tertiary/aromatic N) is 1. The van der Waals surface area contributed by atoms with Gasteiger partial charge in [0.05, 0.1) is 6.33 Å². The van der Waals surface area contributed by atoms with Crippen molar-refractivity contribution in [1.82, 2.24) is 15.3 Å². The third-order valence-corrected chi connectivity index (χ3v) is 3.31. The summed E-state index contributed by atoms with van der Waals surface area (Å²) in [5.41, 5.74) is 2.49. The van der Waals surface area contributed by atoms with Crippen LogP contribution in [0.25, 0.3) is 0 Å². The lowest BCUT2D eigenvalue weighted by Crippen LogP contribution is -2.48. The van der Waals surface area contributed by atoms with Gasteiger partial charge in [-0.25, -0.2) is 4.98 Å². The van der Waals surface area contributed by atoms with E-state index in [1.165, 1.54) is 5.56 Å². The predicted molar refractivity (Wildman–Crippen MR) is 84.2 cm³/mol. The number of anilines is 1. The number of carbonyl (C=O) groups is 1. The van der Waals surface area contributed by atoms with Crippen molar-refractivity contribution in [3.8, 4) is 0 Å². The Morgan fingerprint density at radius 3 is 2.62 bits per heavy atom. The highest BCUT2D eigenvalue weighted by molar-refractivity contribution is 5.88. The molecule has 0 radical (unpaired) electrons. The largest absolute Gasteiger partial charge is 0.372 e. The van der Waals surface area contributed by atoms with E-state index in [4.69, 9.17) is 0 Å². The first-order valence-corrected chi connectivity index (χ1v) is 7.08. The summed E-state index contributed by atoms with van der Waals surface area (Å²) >= 11 is 0. The Kier molecular flexibility index (Phi) is 4.62. The monoisotopic (exact) mass is 286 g/mol. The number of H-pyrrole nitrogens is 1. The fourth-order valence-electron chi connectivity index (χ4n) is 2.01. The van der Waals surface area contributed by atoms with Crippen LogP contribution in [0.2, 0.25) is 0 Å². The van der Waals surface area contributed by atoms with Crippen molar-refractivity contribution in [1.29, 1.82) is 0 Å². The zero-order valence-corrected chi connectivity index (χ0v) is 12.7. The number of aromatic amines is 1. The first-order chi connectivity index (χ1) is 9.97. The molecule has 1 aromatic heterocycles. The summed E-state index contributed by atoms with van der Waals surface area (Å²) in [5.74, 6) is -0.0254. The van der Waals surface area contributed by atoms with Crippen LogP contribution >= 0.6 is 0 Å². The Morgan fingerprint density at radius 2 is 2.00 bits per heavy atom. The van der Waals surface area contributed by atoms with Crippen LogP contribution in [0.3, 0.4) is 0 Å². The molecule has 5 heteroatoms. The van der Waals surface area contributed by atoms with Crippen LogP contribution in [0.1, 0.15) is 25.1 Å². The maximum Gasteiger partial charge on any atom is 0.245 e. The quantitative estimate of drug-likeness (QED) is 0.763. The lowest BCUT2D eigenvalue weighted by Gasteiger charge is -2.26. The number of aryl methyl sites for hydroxylation is 1. The van der Waals surface area contributed by atoms with E-state index in [9.17, 15) is 4.79 Å². The number of aromatic nitrogens is 2. The molecule has 0 aliphatic rings. The number of imidazole rings is 1. The molecule has 3 N–H and O–H groups in total. The molecule has 1 aromatic carbocycles. The molecule has 0 spiro atoms. The topological polar surface area (TPSA) is 69.8 Å². The first-order valence-electron chi connectivity index (χ1n) is 7.08. The molecule has 0 fully saturated rings. The van der Waals surface area contributed by atoms with Gasteiger partial charge in [0.15, 0.2) is 0 Å². The summed E-state index contributed by atoms with van der Waals surface area (Å²) in [6, 6.07) is 8.01. The molecule has 5 nitrogen and oxygen atoms in total. The molecule has 0 unspecified atom stereocenters. The Bertz CT molecular complexity index is 573. The molecule has 0 aliphatic carbocycles. The average molecular weight is 286 g/mol. The van der Waals surface area contributed by atoms with Gasteiger partial charge >= 0.3 is 0 Å². The lowest BCUT2D eigenvalue weighted by atomic mass is 10.0. The Labute approximate surface area is 125 Å². The summed E-state index contributed by atoms with van der Waals surface area (Å²) in [5, 5.41) is 6.20. The number of amides is 1. The van der Waals surface area contributed by atoms with E-state index in [1.807, 2.05) is 45.0 Å². The molecule has 0 bridgehead atoms. The first kappa shape index (κ1) is 15.1. The standard InChI is InChI=1S/C16H22N4O/c1-12-4-6-13(7-5-12)20-16(2,3)15(21)18-9-8-14-10-17-11-19-14/h4-7,10-11,20H,8-9H2,1-3H3,(H,17,19)(H,18,21). The number of nitrogens with one attached hydrogen (secondary N) is 3. The maximum absolute atomic E-state index is 12.3. The molecule has 112 valence electrons. The van der Waals surface area contributed by atoms with Crippen molar-refractivity contribution in [2.24, 2.45) is 0 Å². The summed E-state index contributed by atoms with van der Waals surface area (Å²) in [4.78, 5) is 19.2. The summed E-state index contributed by atoms with van der Waals surface area (Å²) in [7, 11) is 0. The van der Waals surface area contributed by atoms with E-state index < -0.39 is 5.54 Å².